The smallest absolute Gasteiger partial charge is 0.256 e. The van der Waals surface area contributed by atoms with Gasteiger partial charge >= 0.3 is 0 Å². The number of aromatic nitrogens is 2. The van der Waals surface area contributed by atoms with Gasteiger partial charge in [-0.3, -0.25) is 9.78 Å². The Labute approximate surface area is 237 Å². The molecule has 0 bridgehead atoms. The second-order valence-corrected chi connectivity index (χ2v) is 11.1. The maximum Gasteiger partial charge on any atom is 0.256 e. The second-order valence-electron chi connectivity index (χ2n) is 11.1. The number of carbonyl (C=O) groups is 1. The van der Waals surface area contributed by atoms with Crippen molar-refractivity contribution in [2.24, 2.45) is 0 Å². The van der Waals surface area contributed by atoms with Crippen LogP contribution in [0.25, 0.3) is 16.7 Å². The Morgan fingerprint density at radius 2 is 1.73 bits per heavy atom. The number of nitrogens with zero attached hydrogens (tertiary/aromatic N) is 5. The van der Waals surface area contributed by atoms with Gasteiger partial charge in [0.15, 0.2) is 0 Å². The van der Waals surface area contributed by atoms with E-state index < -0.39 is 0 Å². The normalized spacial score (nSPS) is 17.9. The molecule has 208 valence electrons. The summed E-state index contributed by atoms with van der Waals surface area (Å²) in [5, 5.41) is 6.65. The number of amides is 1. The van der Waals surface area contributed by atoms with Gasteiger partial charge in [-0.15, -0.1) is 0 Å². The third-order valence-corrected chi connectivity index (χ3v) is 8.40. The van der Waals surface area contributed by atoms with Crippen molar-refractivity contribution in [3.05, 3.63) is 66.1 Å². The molecule has 0 spiro atoms. The first-order chi connectivity index (χ1) is 19.6. The van der Waals surface area contributed by atoms with Gasteiger partial charge in [0.05, 0.1) is 23.8 Å². The molecule has 3 aliphatic rings. The molecule has 1 amide bonds. The van der Waals surface area contributed by atoms with Crippen molar-refractivity contribution in [3.63, 3.8) is 0 Å². The molecule has 1 aromatic carbocycles. The number of piperazine rings is 1. The molecule has 2 fully saturated rings. The second kappa shape index (κ2) is 11.7. The predicted octanol–water partition coefficient (Wildman–Crippen LogP) is 5.11. The van der Waals surface area contributed by atoms with Crippen LogP contribution in [0.5, 0.6) is 0 Å². The number of anilines is 4. The van der Waals surface area contributed by atoms with Gasteiger partial charge in [0.1, 0.15) is 5.82 Å². The van der Waals surface area contributed by atoms with Crippen molar-refractivity contribution < 1.29 is 4.79 Å². The molecule has 40 heavy (non-hydrogen) atoms. The predicted molar refractivity (Wildman–Crippen MR) is 164 cm³/mol. The van der Waals surface area contributed by atoms with Gasteiger partial charge in [0, 0.05) is 74.4 Å². The topological polar surface area (TPSA) is 76.6 Å². The third-order valence-electron chi connectivity index (χ3n) is 8.40. The van der Waals surface area contributed by atoms with Gasteiger partial charge in [-0.2, -0.15) is 0 Å². The molecule has 0 radical (unpaired) electrons. The van der Waals surface area contributed by atoms with Crippen LogP contribution >= 0.6 is 0 Å². The quantitative estimate of drug-likeness (QED) is 0.452. The molecule has 2 aromatic heterocycles. The Morgan fingerprint density at radius 1 is 0.900 bits per heavy atom. The maximum atomic E-state index is 13.8. The molecule has 3 aliphatic heterocycles. The summed E-state index contributed by atoms with van der Waals surface area (Å²) in [7, 11) is 2.15. The standard InChI is InChI=1S/C32H39N7O/c1-3-23-20-34-29-9-7-24(25-17-27(22-33-19-25)38-11-5-4-6-12-38)18-28(29)31(23)32(40)36-26-8-10-30(35-21-26)39-15-13-37(2)14-16-39/h7-10,17-19,21-22,34H,3-6,11-16,20H2,1-2H3,(H,36,40). The monoisotopic (exact) mass is 537 g/mol. The minimum absolute atomic E-state index is 0.0916. The summed E-state index contributed by atoms with van der Waals surface area (Å²) in [6, 6.07) is 12.5. The minimum atomic E-state index is -0.0916. The number of benzene rings is 1. The first-order valence-corrected chi connectivity index (χ1v) is 14.6. The van der Waals surface area contributed by atoms with Crippen LogP contribution in [-0.2, 0) is 4.79 Å². The van der Waals surface area contributed by atoms with Crippen molar-refractivity contribution in [1.29, 1.82) is 0 Å². The first kappa shape index (κ1) is 26.3. The number of likely N-dealkylation sites (N-methyl/N-ethyl adjacent to an activating group) is 1. The molecule has 6 rings (SSSR count). The van der Waals surface area contributed by atoms with E-state index in [-0.39, 0.29) is 5.91 Å². The van der Waals surface area contributed by atoms with Crippen LogP contribution in [0.1, 0.15) is 38.2 Å². The Balaban J connectivity index is 1.24. The van der Waals surface area contributed by atoms with E-state index in [9.17, 15) is 4.79 Å². The lowest BCUT2D eigenvalue weighted by Gasteiger charge is -2.33. The number of carbonyl (C=O) groups excluding carboxylic acids is 1. The number of hydrogen-bond donors (Lipinski definition) is 2. The average molecular weight is 538 g/mol. The third kappa shape index (κ3) is 5.54. The summed E-state index contributed by atoms with van der Waals surface area (Å²) in [5.74, 6) is 0.864. The van der Waals surface area contributed by atoms with Crippen LogP contribution in [0, 0.1) is 0 Å². The van der Waals surface area contributed by atoms with E-state index in [1.54, 1.807) is 6.20 Å². The van der Waals surface area contributed by atoms with Crippen molar-refractivity contribution in [3.8, 4) is 11.1 Å². The number of piperidine rings is 1. The van der Waals surface area contributed by atoms with E-state index in [4.69, 9.17) is 0 Å². The summed E-state index contributed by atoms with van der Waals surface area (Å²) < 4.78 is 0. The molecule has 8 heteroatoms. The van der Waals surface area contributed by atoms with Gasteiger partial charge in [0.25, 0.3) is 5.91 Å². The van der Waals surface area contributed by atoms with Gasteiger partial charge in [-0.05, 0) is 74.2 Å². The molecule has 0 atom stereocenters. The van der Waals surface area contributed by atoms with Crippen LogP contribution in [0.15, 0.2) is 60.6 Å². The highest BCUT2D eigenvalue weighted by Gasteiger charge is 2.25. The van der Waals surface area contributed by atoms with E-state index in [0.717, 1.165) is 85.0 Å². The van der Waals surface area contributed by atoms with Gasteiger partial charge in [-0.1, -0.05) is 13.0 Å². The molecular weight excluding hydrogens is 498 g/mol. The Hall–Kier alpha value is -3.91. The lowest BCUT2D eigenvalue weighted by atomic mass is 9.90. The Bertz CT molecular complexity index is 1390. The fourth-order valence-corrected chi connectivity index (χ4v) is 5.94. The van der Waals surface area contributed by atoms with E-state index in [0.29, 0.717) is 12.2 Å². The first-order valence-electron chi connectivity index (χ1n) is 14.6. The summed E-state index contributed by atoms with van der Waals surface area (Å²) >= 11 is 0. The van der Waals surface area contributed by atoms with Crippen LogP contribution in [-0.4, -0.2) is 73.6 Å². The number of pyridine rings is 2. The highest BCUT2D eigenvalue weighted by atomic mass is 16.1. The zero-order chi connectivity index (χ0) is 27.5. The van der Waals surface area contributed by atoms with Crippen LogP contribution < -0.4 is 20.4 Å². The molecule has 3 aromatic rings. The number of fused-ring (bicyclic) bond motifs is 1. The molecule has 2 N–H and O–H groups in total. The minimum Gasteiger partial charge on any atom is -0.381 e. The fraction of sp³-hybridized carbons (Fsp3) is 0.406. The molecule has 2 saturated heterocycles. The lowest BCUT2D eigenvalue weighted by molar-refractivity contribution is -0.111. The maximum absolute atomic E-state index is 13.8. The fourth-order valence-electron chi connectivity index (χ4n) is 5.94. The van der Waals surface area contributed by atoms with Crippen LogP contribution in [0.2, 0.25) is 0 Å². The Kier molecular flexibility index (Phi) is 7.68. The highest BCUT2D eigenvalue weighted by molar-refractivity contribution is 6.28. The summed E-state index contributed by atoms with van der Waals surface area (Å²) in [4.78, 5) is 30.1. The molecular formula is C32H39N7O. The number of nitrogens with one attached hydrogen (secondary N) is 2. The summed E-state index contributed by atoms with van der Waals surface area (Å²) in [5.41, 5.74) is 7.78. The van der Waals surface area contributed by atoms with E-state index >= 15 is 0 Å². The zero-order valence-corrected chi connectivity index (χ0v) is 23.6. The molecule has 8 nitrogen and oxygen atoms in total. The van der Waals surface area contributed by atoms with E-state index in [1.807, 2.05) is 24.5 Å². The largest absolute Gasteiger partial charge is 0.381 e. The lowest BCUT2D eigenvalue weighted by Crippen LogP contribution is -2.44. The van der Waals surface area contributed by atoms with Gasteiger partial charge in [-0.25, -0.2) is 4.98 Å². The summed E-state index contributed by atoms with van der Waals surface area (Å²) in [6.07, 6.45) is 10.2. The molecule has 0 saturated carbocycles. The Morgan fingerprint density at radius 3 is 2.48 bits per heavy atom. The van der Waals surface area contributed by atoms with Gasteiger partial charge < -0.3 is 25.3 Å². The van der Waals surface area contributed by atoms with Crippen molar-refractivity contribution in [2.75, 3.05) is 73.3 Å². The van der Waals surface area contributed by atoms with E-state index in [1.165, 1.54) is 24.9 Å². The van der Waals surface area contributed by atoms with Crippen molar-refractivity contribution in [2.45, 2.75) is 32.6 Å². The van der Waals surface area contributed by atoms with Crippen LogP contribution in [0.3, 0.4) is 0 Å². The number of hydrogen-bond acceptors (Lipinski definition) is 7. The summed E-state index contributed by atoms with van der Waals surface area (Å²) in [6.45, 7) is 8.92. The van der Waals surface area contributed by atoms with E-state index in [2.05, 4.69) is 73.5 Å². The molecule has 5 heterocycles. The number of rotatable bonds is 6. The average Bonchev–Trinajstić information content (AvgIpc) is 3.01. The van der Waals surface area contributed by atoms with Crippen molar-refractivity contribution >= 4 is 34.4 Å². The SMILES string of the molecule is CCC1=C(C(=O)Nc2ccc(N3CCN(C)CC3)nc2)c2cc(-c3cncc(N4CCCCC4)c3)ccc2NC1. The highest BCUT2D eigenvalue weighted by Crippen LogP contribution is 2.37. The molecule has 0 unspecified atom stereocenters. The van der Waals surface area contributed by atoms with Crippen LogP contribution in [0.4, 0.5) is 22.9 Å². The van der Waals surface area contributed by atoms with Gasteiger partial charge in [0.2, 0.25) is 0 Å². The molecule has 0 aliphatic carbocycles. The van der Waals surface area contributed by atoms with Crippen molar-refractivity contribution in [1.82, 2.24) is 14.9 Å². The zero-order valence-electron chi connectivity index (χ0n) is 23.6.